The fourth-order valence-electron chi connectivity index (χ4n) is 3.97. The van der Waals surface area contributed by atoms with Crippen LogP contribution >= 0.6 is 22.7 Å². The third kappa shape index (κ3) is 3.96. The number of carbonyl (C=O) groups is 1. The van der Waals surface area contributed by atoms with Crippen LogP contribution in [0.5, 0.6) is 0 Å². The van der Waals surface area contributed by atoms with Gasteiger partial charge in [-0.1, -0.05) is 12.1 Å². The van der Waals surface area contributed by atoms with E-state index >= 15 is 0 Å². The lowest BCUT2D eigenvalue weighted by atomic mass is 9.95. The van der Waals surface area contributed by atoms with Crippen LogP contribution in [0.25, 0.3) is 20.8 Å². The van der Waals surface area contributed by atoms with Gasteiger partial charge in [-0.25, -0.2) is 4.98 Å². The predicted octanol–water partition coefficient (Wildman–Crippen LogP) is 5.97. The fourth-order valence-corrected chi connectivity index (χ4v) is 6.37. The van der Waals surface area contributed by atoms with Gasteiger partial charge in [-0.15, -0.1) is 22.7 Å². The molecule has 33 heavy (non-hydrogen) atoms. The Hall–Kier alpha value is -3.70. The highest BCUT2D eigenvalue weighted by Gasteiger charge is 2.26. The highest BCUT2D eigenvalue weighted by Crippen LogP contribution is 2.46. The molecule has 0 saturated carbocycles. The summed E-state index contributed by atoms with van der Waals surface area (Å²) in [6.45, 7) is 0. The summed E-state index contributed by atoms with van der Waals surface area (Å²) in [7, 11) is 0. The van der Waals surface area contributed by atoms with Gasteiger partial charge in [0.2, 0.25) is 0 Å². The molecule has 5 rings (SSSR count). The second-order valence-electron chi connectivity index (χ2n) is 7.61. The van der Waals surface area contributed by atoms with Crippen LogP contribution in [0.1, 0.15) is 33.6 Å². The Labute approximate surface area is 195 Å². The van der Waals surface area contributed by atoms with Crippen molar-refractivity contribution in [1.82, 2.24) is 4.98 Å². The Morgan fingerprint density at radius 3 is 2.36 bits per heavy atom. The summed E-state index contributed by atoms with van der Waals surface area (Å²) in [4.78, 5) is 40.0. The van der Waals surface area contributed by atoms with E-state index in [1.807, 2.05) is 24.3 Å². The first-order valence-corrected chi connectivity index (χ1v) is 11.8. The lowest BCUT2D eigenvalue weighted by Gasteiger charge is -2.11. The number of aromatic nitrogens is 1. The van der Waals surface area contributed by atoms with E-state index in [-0.39, 0.29) is 5.56 Å². The molecule has 2 aromatic heterocycles. The molecule has 0 radical (unpaired) electrons. The Balaban J connectivity index is 1.58. The van der Waals surface area contributed by atoms with Crippen LogP contribution in [-0.2, 0) is 12.8 Å². The smallest absolute Gasteiger partial charge is 0.277 e. The molecule has 0 saturated heterocycles. The van der Waals surface area contributed by atoms with Crippen LogP contribution in [-0.4, -0.2) is 20.7 Å². The minimum absolute atomic E-state index is 0.141. The number of thiazole rings is 1. The number of anilines is 1. The van der Waals surface area contributed by atoms with E-state index in [9.17, 15) is 25.0 Å². The molecule has 2 aromatic carbocycles. The summed E-state index contributed by atoms with van der Waals surface area (Å²) < 4.78 is 1.04. The Bertz CT molecular complexity index is 1380. The number of aryl methyl sites for hydroxylation is 1. The molecule has 0 aliphatic heterocycles. The van der Waals surface area contributed by atoms with Crippen molar-refractivity contribution in [3.63, 3.8) is 0 Å². The zero-order chi connectivity index (χ0) is 23.1. The van der Waals surface area contributed by atoms with Crippen molar-refractivity contribution in [3.05, 3.63) is 78.7 Å². The van der Waals surface area contributed by atoms with Gasteiger partial charge in [-0.3, -0.25) is 25.0 Å². The molecule has 0 unspecified atom stereocenters. The minimum atomic E-state index is -0.750. The predicted molar refractivity (Wildman–Crippen MR) is 127 cm³/mol. The number of para-hydroxylation sites is 1. The lowest BCUT2D eigenvalue weighted by molar-refractivity contribution is -0.394. The molecule has 11 heteroatoms. The molecular weight excluding hydrogens is 464 g/mol. The number of carbonyl (C=O) groups excluding carboxylic acids is 1. The molecule has 1 aliphatic rings. The quantitative estimate of drug-likeness (QED) is 0.277. The van der Waals surface area contributed by atoms with Crippen molar-refractivity contribution in [2.24, 2.45) is 0 Å². The molecule has 0 bridgehead atoms. The zero-order valence-corrected chi connectivity index (χ0v) is 18.7. The molecule has 0 atom stereocenters. The largest absolute Gasteiger partial charge is 0.313 e. The van der Waals surface area contributed by atoms with Gasteiger partial charge in [-0.05, 0) is 43.4 Å². The maximum atomic E-state index is 13.1. The average Bonchev–Trinajstić information content (AvgIpc) is 3.39. The van der Waals surface area contributed by atoms with Crippen LogP contribution < -0.4 is 5.32 Å². The topological polar surface area (TPSA) is 128 Å². The molecule has 166 valence electrons. The fraction of sp³-hybridized carbons (Fsp3) is 0.182. The highest BCUT2D eigenvalue weighted by molar-refractivity contribution is 7.23. The number of nitro benzene ring substituents is 2. The van der Waals surface area contributed by atoms with Gasteiger partial charge in [-0.2, -0.15) is 0 Å². The van der Waals surface area contributed by atoms with Gasteiger partial charge in [0, 0.05) is 22.6 Å². The van der Waals surface area contributed by atoms with Gasteiger partial charge < -0.3 is 5.32 Å². The standard InChI is InChI=1S/C22H16N4O5S2/c27-20(12-9-13(25(28)29)11-14(10-12)26(30)31)24-22-19(15-5-1-3-7-17(15)32-22)21-23-16-6-2-4-8-18(16)33-21/h2,4,6,8-11H,1,3,5,7H2,(H,24,27). The van der Waals surface area contributed by atoms with E-state index in [1.54, 1.807) is 11.3 Å². The van der Waals surface area contributed by atoms with Crippen molar-refractivity contribution in [3.8, 4) is 10.6 Å². The third-order valence-electron chi connectivity index (χ3n) is 5.49. The number of hydrogen-bond donors (Lipinski definition) is 1. The lowest BCUT2D eigenvalue weighted by Crippen LogP contribution is -2.12. The molecule has 0 fully saturated rings. The van der Waals surface area contributed by atoms with E-state index in [0.29, 0.717) is 5.00 Å². The zero-order valence-electron chi connectivity index (χ0n) is 17.1. The molecule has 4 aromatic rings. The van der Waals surface area contributed by atoms with Crippen LogP contribution in [0.15, 0.2) is 42.5 Å². The summed E-state index contributed by atoms with van der Waals surface area (Å²) in [5.74, 6) is -0.636. The summed E-state index contributed by atoms with van der Waals surface area (Å²) >= 11 is 3.02. The number of hydrogen-bond acceptors (Lipinski definition) is 8. The second kappa shape index (κ2) is 8.34. The first-order chi connectivity index (χ1) is 15.9. The van der Waals surface area contributed by atoms with E-state index in [0.717, 1.165) is 64.7 Å². The van der Waals surface area contributed by atoms with Crippen molar-refractivity contribution in [2.45, 2.75) is 25.7 Å². The molecule has 1 N–H and O–H groups in total. The normalized spacial score (nSPS) is 13.0. The second-order valence-corrected chi connectivity index (χ2v) is 9.74. The molecule has 1 aliphatic carbocycles. The van der Waals surface area contributed by atoms with Crippen molar-refractivity contribution >= 4 is 55.2 Å². The van der Waals surface area contributed by atoms with Crippen molar-refractivity contribution in [2.75, 3.05) is 5.32 Å². The SMILES string of the molecule is O=C(Nc1sc2c(c1-c1nc3ccccc3s1)CCCC2)c1cc([N+](=O)[O-])cc([N+](=O)[O-])c1. The maximum Gasteiger partial charge on any atom is 0.277 e. The highest BCUT2D eigenvalue weighted by atomic mass is 32.1. The van der Waals surface area contributed by atoms with E-state index in [1.165, 1.54) is 21.8 Å². The first kappa shape index (κ1) is 21.2. The summed E-state index contributed by atoms with van der Waals surface area (Å²) in [6.07, 6.45) is 3.91. The summed E-state index contributed by atoms with van der Waals surface area (Å²) in [6, 6.07) is 10.7. The van der Waals surface area contributed by atoms with Gasteiger partial charge in [0.1, 0.15) is 10.0 Å². The average molecular weight is 481 g/mol. The molecule has 2 heterocycles. The Morgan fingerprint density at radius 1 is 0.970 bits per heavy atom. The number of fused-ring (bicyclic) bond motifs is 2. The van der Waals surface area contributed by atoms with Crippen molar-refractivity contribution < 1.29 is 14.6 Å². The number of thiophene rings is 1. The molecule has 1 amide bonds. The maximum absolute atomic E-state index is 13.1. The molecule has 0 spiro atoms. The van der Waals surface area contributed by atoms with Gasteiger partial charge >= 0.3 is 0 Å². The first-order valence-electron chi connectivity index (χ1n) is 10.2. The van der Waals surface area contributed by atoms with Gasteiger partial charge in [0.25, 0.3) is 17.3 Å². The van der Waals surface area contributed by atoms with E-state index < -0.39 is 27.1 Å². The Kier molecular flexibility index (Phi) is 5.35. The summed E-state index contributed by atoms with van der Waals surface area (Å²) in [5, 5.41) is 26.7. The number of amides is 1. The monoisotopic (exact) mass is 480 g/mol. The van der Waals surface area contributed by atoms with Gasteiger partial charge in [0.05, 0.1) is 31.7 Å². The Morgan fingerprint density at radius 2 is 1.67 bits per heavy atom. The number of nitrogens with one attached hydrogen (secondary N) is 1. The van der Waals surface area contributed by atoms with Crippen LogP contribution in [0.3, 0.4) is 0 Å². The number of rotatable bonds is 5. The number of nitro groups is 2. The van der Waals surface area contributed by atoms with E-state index in [2.05, 4.69) is 5.32 Å². The van der Waals surface area contributed by atoms with Crippen molar-refractivity contribution in [1.29, 1.82) is 0 Å². The number of non-ortho nitro benzene ring substituents is 2. The third-order valence-corrected chi connectivity index (χ3v) is 7.75. The van der Waals surface area contributed by atoms with Crippen LogP contribution in [0.2, 0.25) is 0 Å². The van der Waals surface area contributed by atoms with Crippen LogP contribution in [0.4, 0.5) is 16.4 Å². The summed E-state index contributed by atoms with van der Waals surface area (Å²) in [5.41, 5.74) is 1.77. The molecule has 9 nitrogen and oxygen atoms in total. The van der Waals surface area contributed by atoms with Crippen LogP contribution in [0, 0.1) is 20.2 Å². The number of benzene rings is 2. The number of nitrogens with zero attached hydrogens (tertiary/aromatic N) is 3. The van der Waals surface area contributed by atoms with E-state index in [4.69, 9.17) is 4.98 Å². The van der Waals surface area contributed by atoms with Gasteiger partial charge in [0.15, 0.2) is 0 Å². The molecular formula is C22H16N4O5S2. The minimum Gasteiger partial charge on any atom is -0.313 e.